The van der Waals surface area contributed by atoms with Gasteiger partial charge < -0.3 is 10.0 Å². The van der Waals surface area contributed by atoms with Crippen LogP contribution in [0.4, 0.5) is 0 Å². The maximum Gasteiger partial charge on any atom is 0.323 e. The fourth-order valence-corrected chi connectivity index (χ4v) is 2.40. The van der Waals surface area contributed by atoms with Crippen molar-refractivity contribution in [3.8, 4) is 0 Å². The molecular weight excluding hydrogens is 252 g/mol. The van der Waals surface area contributed by atoms with Crippen LogP contribution in [0, 0.1) is 12.8 Å². The number of aryl methyl sites for hydroxylation is 1. The van der Waals surface area contributed by atoms with Crippen LogP contribution in [0.15, 0.2) is 5.38 Å². The zero-order valence-electron chi connectivity index (χ0n) is 10.3. The summed E-state index contributed by atoms with van der Waals surface area (Å²) in [6.45, 7) is 2.24. The van der Waals surface area contributed by atoms with Crippen LogP contribution < -0.4 is 0 Å². The highest BCUT2D eigenvalue weighted by Gasteiger charge is 2.28. The molecule has 1 N–H and O–H groups in total. The van der Waals surface area contributed by atoms with Gasteiger partial charge in [-0.25, -0.2) is 4.98 Å². The molecule has 0 unspecified atom stereocenters. The number of aromatic nitrogens is 1. The molecule has 1 aliphatic rings. The summed E-state index contributed by atoms with van der Waals surface area (Å²) in [5.74, 6) is -0.612. The molecule has 1 aliphatic carbocycles. The molecular formula is C12H16N2O3S. The lowest BCUT2D eigenvalue weighted by molar-refractivity contribution is -0.144. The van der Waals surface area contributed by atoms with Gasteiger partial charge in [-0.2, -0.15) is 0 Å². The number of carboxylic acid groups (broad SMARTS) is 1. The first-order chi connectivity index (χ1) is 8.54. The summed E-state index contributed by atoms with van der Waals surface area (Å²) < 4.78 is 0. The Morgan fingerprint density at radius 2 is 2.28 bits per heavy atom. The highest BCUT2D eigenvalue weighted by molar-refractivity contribution is 7.09. The molecule has 5 nitrogen and oxygen atoms in total. The number of carbonyl (C=O) groups is 2. The van der Waals surface area contributed by atoms with Gasteiger partial charge in [0.15, 0.2) is 0 Å². The van der Waals surface area contributed by atoms with E-state index in [9.17, 15) is 9.59 Å². The van der Waals surface area contributed by atoms with Gasteiger partial charge in [-0.15, -0.1) is 11.3 Å². The Morgan fingerprint density at radius 3 is 2.78 bits per heavy atom. The number of hydrogen-bond acceptors (Lipinski definition) is 4. The minimum Gasteiger partial charge on any atom is -0.480 e. The molecule has 0 saturated heterocycles. The fourth-order valence-electron chi connectivity index (χ4n) is 1.79. The maximum atomic E-state index is 12.0. The van der Waals surface area contributed by atoms with Crippen molar-refractivity contribution in [1.82, 2.24) is 9.88 Å². The number of carbonyl (C=O) groups excluding carboxylic acids is 1. The quantitative estimate of drug-likeness (QED) is 0.844. The molecule has 0 spiro atoms. The average molecular weight is 268 g/mol. The van der Waals surface area contributed by atoms with E-state index in [0.717, 1.165) is 23.5 Å². The van der Waals surface area contributed by atoms with Crippen molar-refractivity contribution in [1.29, 1.82) is 0 Å². The van der Waals surface area contributed by atoms with E-state index in [0.29, 0.717) is 12.5 Å². The van der Waals surface area contributed by atoms with E-state index in [4.69, 9.17) is 5.11 Å². The number of hydrogen-bond donors (Lipinski definition) is 1. The molecule has 0 radical (unpaired) electrons. The van der Waals surface area contributed by atoms with E-state index in [2.05, 4.69) is 4.98 Å². The smallest absolute Gasteiger partial charge is 0.323 e. The fraction of sp³-hybridized carbons (Fsp3) is 0.583. The van der Waals surface area contributed by atoms with Gasteiger partial charge in [0.05, 0.1) is 17.1 Å². The van der Waals surface area contributed by atoms with Crippen LogP contribution >= 0.6 is 11.3 Å². The Balaban J connectivity index is 1.95. The number of nitrogens with zero attached hydrogens (tertiary/aromatic N) is 2. The van der Waals surface area contributed by atoms with Crippen LogP contribution in [-0.4, -0.2) is 40.0 Å². The summed E-state index contributed by atoms with van der Waals surface area (Å²) in [7, 11) is 0. The molecule has 98 valence electrons. The van der Waals surface area contributed by atoms with E-state index < -0.39 is 5.97 Å². The van der Waals surface area contributed by atoms with Crippen molar-refractivity contribution < 1.29 is 14.7 Å². The van der Waals surface area contributed by atoms with Crippen LogP contribution in [0.25, 0.3) is 0 Å². The average Bonchev–Trinajstić information content (AvgIpc) is 3.00. The Morgan fingerprint density at radius 1 is 1.56 bits per heavy atom. The molecule has 1 fully saturated rings. The Labute approximate surface area is 109 Å². The number of carboxylic acids is 1. The van der Waals surface area contributed by atoms with Crippen molar-refractivity contribution >= 4 is 23.2 Å². The number of amides is 1. The summed E-state index contributed by atoms with van der Waals surface area (Å²) in [6, 6.07) is 0. The molecule has 0 bridgehead atoms. The highest BCUT2D eigenvalue weighted by Crippen LogP contribution is 2.29. The largest absolute Gasteiger partial charge is 0.480 e. The summed E-state index contributed by atoms with van der Waals surface area (Å²) >= 11 is 1.50. The summed E-state index contributed by atoms with van der Waals surface area (Å²) in [6.07, 6.45) is 2.39. The summed E-state index contributed by atoms with van der Waals surface area (Å²) in [4.78, 5) is 28.5. The molecule has 0 atom stereocenters. The number of thiazole rings is 1. The lowest BCUT2D eigenvalue weighted by Gasteiger charge is -2.20. The van der Waals surface area contributed by atoms with Gasteiger partial charge in [-0.05, 0) is 25.7 Å². The zero-order valence-corrected chi connectivity index (χ0v) is 11.1. The Kier molecular flexibility index (Phi) is 3.96. The van der Waals surface area contributed by atoms with E-state index in [1.165, 1.54) is 16.2 Å². The van der Waals surface area contributed by atoms with Crippen LogP contribution in [0.3, 0.4) is 0 Å². The third-order valence-corrected chi connectivity index (χ3v) is 3.68. The standard InChI is InChI=1S/C12H16N2O3S/c1-8-13-10(7-18-8)4-11(15)14(6-12(16)17)5-9-2-3-9/h7,9H,2-6H2,1H3,(H,16,17). The molecule has 1 saturated carbocycles. The van der Waals surface area contributed by atoms with Crippen LogP contribution in [0.1, 0.15) is 23.5 Å². The van der Waals surface area contributed by atoms with Gasteiger partial charge in [0.2, 0.25) is 5.91 Å². The van der Waals surface area contributed by atoms with Gasteiger partial charge >= 0.3 is 5.97 Å². The molecule has 0 aromatic carbocycles. The molecule has 0 aliphatic heterocycles. The van der Waals surface area contributed by atoms with Crippen LogP contribution in [0.2, 0.25) is 0 Å². The lowest BCUT2D eigenvalue weighted by atomic mass is 10.2. The van der Waals surface area contributed by atoms with E-state index in [1.807, 2.05) is 12.3 Å². The molecule has 18 heavy (non-hydrogen) atoms. The van der Waals surface area contributed by atoms with E-state index in [-0.39, 0.29) is 18.9 Å². The third-order valence-electron chi connectivity index (χ3n) is 2.85. The van der Waals surface area contributed by atoms with Crippen molar-refractivity contribution in [3.05, 3.63) is 16.1 Å². The predicted molar refractivity (Wildman–Crippen MR) is 67.5 cm³/mol. The highest BCUT2D eigenvalue weighted by atomic mass is 32.1. The topological polar surface area (TPSA) is 70.5 Å². The number of rotatable bonds is 6. The van der Waals surface area contributed by atoms with Crippen molar-refractivity contribution in [2.45, 2.75) is 26.2 Å². The second kappa shape index (κ2) is 5.48. The minimum atomic E-state index is -0.960. The van der Waals surface area contributed by atoms with E-state index >= 15 is 0 Å². The van der Waals surface area contributed by atoms with Gasteiger partial charge in [0.1, 0.15) is 6.54 Å². The SMILES string of the molecule is Cc1nc(CC(=O)N(CC(=O)O)CC2CC2)cs1. The molecule has 6 heteroatoms. The molecule has 1 aromatic rings. The predicted octanol–water partition coefficient (Wildman–Crippen LogP) is 1.32. The second-order valence-corrected chi connectivity index (χ2v) is 5.71. The van der Waals surface area contributed by atoms with Crippen LogP contribution in [0.5, 0.6) is 0 Å². The first kappa shape index (κ1) is 13.0. The lowest BCUT2D eigenvalue weighted by Crippen LogP contribution is -2.38. The Bertz CT molecular complexity index is 454. The monoisotopic (exact) mass is 268 g/mol. The van der Waals surface area contributed by atoms with Gasteiger partial charge in [-0.1, -0.05) is 0 Å². The van der Waals surface area contributed by atoms with Crippen LogP contribution in [-0.2, 0) is 16.0 Å². The molecule has 1 aromatic heterocycles. The summed E-state index contributed by atoms with van der Waals surface area (Å²) in [5, 5.41) is 11.6. The molecule has 1 amide bonds. The van der Waals surface area contributed by atoms with Gasteiger partial charge in [0, 0.05) is 11.9 Å². The third kappa shape index (κ3) is 3.80. The maximum absolute atomic E-state index is 12.0. The van der Waals surface area contributed by atoms with Gasteiger partial charge in [0.25, 0.3) is 0 Å². The van der Waals surface area contributed by atoms with Crippen molar-refractivity contribution in [3.63, 3.8) is 0 Å². The zero-order chi connectivity index (χ0) is 13.1. The summed E-state index contributed by atoms with van der Waals surface area (Å²) in [5.41, 5.74) is 0.730. The Hall–Kier alpha value is -1.43. The first-order valence-electron chi connectivity index (χ1n) is 5.95. The first-order valence-corrected chi connectivity index (χ1v) is 6.83. The van der Waals surface area contributed by atoms with Crippen molar-refractivity contribution in [2.24, 2.45) is 5.92 Å². The minimum absolute atomic E-state index is 0.144. The second-order valence-electron chi connectivity index (χ2n) is 4.65. The van der Waals surface area contributed by atoms with Gasteiger partial charge in [-0.3, -0.25) is 9.59 Å². The van der Waals surface area contributed by atoms with E-state index in [1.54, 1.807) is 0 Å². The molecule has 2 rings (SSSR count). The van der Waals surface area contributed by atoms with Crippen molar-refractivity contribution in [2.75, 3.05) is 13.1 Å². The number of aliphatic carboxylic acids is 1. The normalized spacial score (nSPS) is 14.5. The molecule has 1 heterocycles.